The summed E-state index contributed by atoms with van der Waals surface area (Å²) in [5.41, 5.74) is 5.32. The average Bonchev–Trinajstić information content (AvgIpc) is 2.54. The lowest BCUT2D eigenvalue weighted by atomic mass is 9.91. The SMILES string of the molecule is COc1ccccc1OCC(O)(CCN)c1ccccc1. The van der Waals surface area contributed by atoms with Crippen molar-refractivity contribution in [1.82, 2.24) is 0 Å². The first-order chi connectivity index (χ1) is 10.2. The van der Waals surface area contributed by atoms with Crippen LogP contribution in [0.3, 0.4) is 0 Å². The second kappa shape index (κ2) is 7.11. The van der Waals surface area contributed by atoms with Gasteiger partial charge < -0.3 is 20.3 Å². The van der Waals surface area contributed by atoms with Crippen molar-refractivity contribution in [2.45, 2.75) is 12.0 Å². The van der Waals surface area contributed by atoms with Gasteiger partial charge in [0.25, 0.3) is 0 Å². The molecule has 0 aliphatic heterocycles. The maximum Gasteiger partial charge on any atom is 0.161 e. The summed E-state index contributed by atoms with van der Waals surface area (Å²) in [4.78, 5) is 0. The highest BCUT2D eigenvalue weighted by atomic mass is 16.5. The summed E-state index contributed by atoms with van der Waals surface area (Å²) in [6.07, 6.45) is 0.423. The average molecular weight is 287 g/mol. The molecule has 0 radical (unpaired) electrons. The first-order valence-electron chi connectivity index (χ1n) is 6.93. The Balaban J connectivity index is 2.17. The Kier molecular flexibility index (Phi) is 5.20. The van der Waals surface area contributed by atoms with E-state index in [0.717, 1.165) is 5.56 Å². The van der Waals surface area contributed by atoms with Crippen LogP contribution in [0.1, 0.15) is 12.0 Å². The number of para-hydroxylation sites is 2. The van der Waals surface area contributed by atoms with Gasteiger partial charge in [0.1, 0.15) is 12.2 Å². The van der Waals surface area contributed by atoms with E-state index < -0.39 is 5.60 Å². The van der Waals surface area contributed by atoms with Crippen molar-refractivity contribution in [3.05, 3.63) is 60.2 Å². The zero-order chi connectivity index (χ0) is 15.1. The highest BCUT2D eigenvalue weighted by molar-refractivity contribution is 5.39. The molecule has 0 spiro atoms. The second-order valence-electron chi connectivity index (χ2n) is 4.88. The van der Waals surface area contributed by atoms with Gasteiger partial charge in [0.15, 0.2) is 11.5 Å². The van der Waals surface area contributed by atoms with Gasteiger partial charge in [-0.05, 0) is 30.7 Å². The minimum Gasteiger partial charge on any atom is -0.493 e. The standard InChI is InChI=1S/C17H21NO3/c1-20-15-9-5-6-10-16(15)21-13-17(19,11-12-18)14-7-3-2-4-8-14/h2-10,19H,11-13,18H2,1H3. The number of hydrogen-bond acceptors (Lipinski definition) is 4. The molecule has 2 aromatic carbocycles. The minimum absolute atomic E-state index is 0.120. The second-order valence-corrected chi connectivity index (χ2v) is 4.88. The maximum atomic E-state index is 10.9. The van der Waals surface area contributed by atoms with Gasteiger partial charge in [0.05, 0.1) is 7.11 Å². The largest absolute Gasteiger partial charge is 0.493 e. The van der Waals surface area contributed by atoms with Crippen LogP contribution in [0, 0.1) is 0 Å². The van der Waals surface area contributed by atoms with Crippen molar-refractivity contribution >= 4 is 0 Å². The lowest BCUT2D eigenvalue weighted by molar-refractivity contribution is -0.0155. The molecule has 4 nitrogen and oxygen atoms in total. The third-order valence-electron chi connectivity index (χ3n) is 3.40. The van der Waals surface area contributed by atoms with Crippen LogP contribution in [0.2, 0.25) is 0 Å². The summed E-state index contributed by atoms with van der Waals surface area (Å²) in [6.45, 7) is 0.495. The molecule has 0 heterocycles. The predicted molar refractivity (Wildman–Crippen MR) is 82.5 cm³/mol. The molecule has 2 rings (SSSR count). The van der Waals surface area contributed by atoms with Gasteiger partial charge >= 0.3 is 0 Å². The van der Waals surface area contributed by atoms with E-state index in [4.69, 9.17) is 15.2 Å². The van der Waals surface area contributed by atoms with Crippen molar-refractivity contribution in [2.24, 2.45) is 5.73 Å². The molecule has 0 saturated carbocycles. The summed E-state index contributed by atoms with van der Waals surface area (Å²) >= 11 is 0. The summed E-state index contributed by atoms with van der Waals surface area (Å²) in [7, 11) is 1.59. The van der Waals surface area contributed by atoms with Crippen LogP contribution in [0.4, 0.5) is 0 Å². The monoisotopic (exact) mass is 287 g/mol. The van der Waals surface area contributed by atoms with E-state index in [2.05, 4.69) is 0 Å². The first kappa shape index (κ1) is 15.4. The topological polar surface area (TPSA) is 64.7 Å². The van der Waals surface area contributed by atoms with Crippen molar-refractivity contribution in [3.63, 3.8) is 0 Å². The van der Waals surface area contributed by atoms with Gasteiger partial charge in [0.2, 0.25) is 0 Å². The highest BCUT2D eigenvalue weighted by Gasteiger charge is 2.29. The van der Waals surface area contributed by atoms with Gasteiger partial charge in [0, 0.05) is 0 Å². The number of hydrogen-bond donors (Lipinski definition) is 2. The van der Waals surface area contributed by atoms with E-state index >= 15 is 0 Å². The van der Waals surface area contributed by atoms with E-state index in [9.17, 15) is 5.11 Å². The van der Waals surface area contributed by atoms with Crippen molar-refractivity contribution in [1.29, 1.82) is 0 Å². The number of rotatable bonds is 7. The number of nitrogens with two attached hydrogens (primary N) is 1. The number of methoxy groups -OCH3 is 1. The molecule has 0 aliphatic carbocycles. The number of benzene rings is 2. The fourth-order valence-electron chi connectivity index (χ4n) is 2.22. The van der Waals surface area contributed by atoms with Gasteiger partial charge in [-0.1, -0.05) is 42.5 Å². The van der Waals surface area contributed by atoms with E-state index in [1.165, 1.54) is 0 Å². The van der Waals surface area contributed by atoms with E-state index in [0.29, 0.717) is 24.5 Å². The third-order valence-corrected chi connectivity index (χ3v) is 3.40. The zero-order valence-corrected chi connectivity index (χ0v) is 12.2. The highest BCUT2D eigenvalue weighted by Crippen LogP contribution is 2.30. The molecule has 0 saturated heterocycles. The van der Waals surface area contributed by atoms with Gasteiger partial charge in [-0.2, -0.15) is 0 Å². The molecule has 1 unspecified atom stereocenters. The van der Waals surface area contributed by atoms with Crippen molar-refractivity contribution in [2.75, 3.05) is 20.3 Å². The Bertz CT molecular complexity index is 559. The van der Waals surface area contributed by atoms with E-state index in [1.54, 1.807) is 7.11 Å². The molecule has 0 bridgehead atoms. The third kappa shape index (κ3) is 3.74. The molecule has 0 aliphatic rings. The van der Waals surface area contributed by atoms with Crippen molar-refractivity contribution in [3.8, 4) is 11.5 Å². The molecule has 0 fully saturated rings. The maximum absolute atomic E-state index is 10.9. The summed E-state index contributed by atoms with van der Waals surface area (Å²) in [5, 5.41) is 10.9. The summed E-state index contributed by atoms with van der Waals surface area (Å²) < 4.78 is 11.0. The summed E-state index contributed by atoms with van der Waals surface area (Å²) in [5.74, 6) is 1.24. The lowest BCUT2D eigenvalue weighted by Crippen LogP contribution is -2.35. The molecule has 0 aromatic heterocycles. The van der Waals surface area contributed by atoms with Crippen LogP contribution in [-0.2, 0) is 5.60 Å². The molecule has 21 heavy (non-hydrogen) atoms. The predicted octanol–water partition coefficient (Wildman–Crippen LogP) is 2.31. The molecular weight excluding hydrogens is 266 g/mol. The number of ether oxygens (including phenoxy) is 2. The Morgan fingerprint density at radius 1 is 1.00 bits per heavy atom. The zero-order valence-electron chi connectivity index (χ0n) is 12.2. The number of aliphatic hydroxyl groups is 1. The Hall–Kier alpha value is -2.04. The quantitative estimate of drug-likeness (QED) is 0.820. The van der Waals surface area contributed by atoms with E-state index in [-0.39, 0.29) is 6.61 Å². The van der Waals surface area contributed by atoms with Crippen LogP contribution in [0.25, 0.3) is 0 Å². The Morgan fingerprint density at radius 3 is 2.24 bits per heavy atom. The van der Waals surface area contributed by atoms with Crippen LogP contribution in [-0.4, -0.2) is 25.4 Å². The first-order valence-corrected chi connectivity index (χ1v) is 6.93. The molecule has 0 amide bonds. The van der Waals surface area contributed by atoms with Crippen LogP contribution < -0.4 is 15.2 Å². The molecule has 3 N–H and O–H groups in total. The van der Waals surface area contributed by atoms with Crippen molar-refractivity contribution < 1.29 is 14.6 Å². The van der Waals surface area contributed by atoms with Gasteiger partial charge in [-0.3, -0.25) is 0 Å². The van der Waals surface area contributed by atoms with E-state index in [1.807, 2.05) is 54.6 Å². The smallest absolute Gasteiger partial charge is 0.161 e. The minimum atomic E-state index is -1.11. The van der Waals surface area contributed by atoms with Crippen LogP contribution in [0.5, 0.6) is 11.5 Å². The molecule has 2 aromatic rings. The molecule has 1 atom stereocenters. The van der Waals surface area contributed by atoms with Crippen LogP contribution in [0.15, 0.2) is 54.6 Å². The molecular formula is C17H21NO3. The van der Waals surface area contributed by atoms with Gasteiger partial charge in [-0.15, -0.1) is 0 Å². The van der Waals surface area contributed by atoms with Crippen LogP contribution >= 0.6 is 0 Å². The molecule has 4 heteroatoms. The lowest BCUT2D eigenvalue weighted by Gasteiger charge is -2.28. The fraction of sp³-hybridized carbons (Fsp3) is 0.294. The normalized spacial score (nSPS) is 13.5. The Labute approximate surface area is 125 Å². The Morgan fingerprint density at radius 2 is 1.62 bits per heavy atom. The fourth-order valence-corrected chi connectivity index (χ4v) is 2.22. The van der Waals surface area contributed by atoms with Gasteiger partial charge in [-0.25, -0.2) is 0 Å². The molecule has 112 valence electrons. The summed E-state index contributed by atoms with van der Waals surface area (Å²) in [6, 6.07) is 16.8.